The number of pyridine rings is 1. The predicted octanol–water partition coefficient (Wildman–Crippen LogP) is 5.29. The quantitative estimate of drug-likeness (QED) is 0.134. The molecule has 2 aromatic carbocycles. The van der Waals surface area contributed by atoms with Gasteiger partial charge in [-0.05, 0) is 64.2 Å². The van der Waals surface area contributed by atoms with E-state index in [-0.39, 0.29) is 36.2 Å². The first-order chi connectivity index (χ1) is 28.1. The lowest BCUT2D eigenvalue weighted by atomic mass is 9.94. The number of thiazole rings is 1. The van der Waals surface area contributed by atoms with E-state index in [0.29, 0.717) is 46.0 Å². The number of rotatable bonds is 8. The first-order valence-corrected chi connectivity index (χ1v) is 22.6. The Hall–Kier alpha value is -5.06. The fourth-order valence-corrected chi connectivity index (χ4v) is 9.86. The molecule has 0 unspecified atom stereocenters. The molecule has 0 spiro atoms. The van der Waals surface area contributed by atoms with Gasteiger partial charge in [-0.15, -0.1) is 11.3 Å². The highest BCUT2D eigenvalue weighted by Crippen LogP contribution is 2.46. The van der Waals surface area contributed by atoms with E-state index in [9.17, 15) is 22.8 Å². The van der Waals surface area contributed by atoms with Crippen LogP contribution in [0.1, 0.15) is 73.1 Å². The molecule has 3 aliphatic rings. The molecule has 16 heteroatoms. The van der Waals surface area contributed by atoms with Crippen molar-refractivity contribution in [3.63, 3.8) is 0 Å². The van der Waals surface area contributed by atoms with Crippen molar-refractivity contribution in [1.82, 2.24) is 24.9 Å². The Kier molecular flexibility index (Phi) is 12.0. The van der Waals surface area contributed by atoms with Gasteiger partial charge in [0.05, 0.1) is 31.4 Å². The van der Waals surface area contributed by atoms with Crippen LogP contribution in [0.15, 0.2) is 71.0 Å². The first kappa shape index (κ1) is 42.1. The molecule has 14 nitrogen and oxygen atoms in total. The van der Waals surface area contributed by atoms with Gasteiger partial charge >= 0.3 is 0 Å². The number of methoxy groups -OCH3 is 1. The highest BCUT2D eigenvalue weighted by atomic mass is 32.2. The SMILES string of the molecule is COc1ccc2c(O[C@@H]3C[C@@H](C(=O)N[C@]45C[C@H]4/C=C\CCCCC[NH2+]c4ccccc4S(=O)(=O)NC5=O)N(C(=O)C(C)(C)C)C3)cc(-c3csc(NC(C)C)n3)nc2c1. The van der Waals surface area contributed by atoms with Crippen LogP contribution in [0.5, 0.6) is 11.5 Å². The molecule has 4 heterocycles. The summed E-state index contributed by atoms with van der Waals surface area (Å²) in [6, 6.07) is 13.1. The van der Waals surface area contributed by atoms with Crippen LogP contribution in [-0.2, 0) is 24.4 Å². The number of nitrogens with one attached hydrogen (secondary N) is 3. The molecule has 7 rings (SSSR count). The van der Waals surface area contributed by atoms with Gasteiger partial charge in [-0.2, -0.15) is 0 Å². The van der Waals surface area contributed by atoms with E-state index < -0.39 is 50.9 Å². The van der Waals surface area contributed by atoms with Crippen molar-refractivity contribution in [2.75, 3.05) is 25.5 Å². The Bertz CT molecular complexity index is 2370. The number of nitrogens with two attached hydrogens (primary N) is 1. The lowest BCUT2D eigenvalue weighted by molar-refractivity contribution is -0.574. The van der Waals surface area contributed by atoms with Crippen molar-refractivity contribution >= 4 is 60.8 Å². The second kappa shape index (κ2) is 16.9. The number of aromatic nitrogens is 2. The Morgan fingerprint density at radius 3 is 2.63 bits per heavy atom. The van der Waals surface area contributed by atoms with E-state index in [0.717, 1.165) is 30.8 Å². The van der Waals surface area contributed by atoms with Gasteiger partial charge in [-0.1, -0.05) is 45.1 Å². The Balaban J connectivity index is 1.18. The van der Waals surface area contributed by atoms with E-state index in [2.05, 4.69) is 15.4 Å². The molecule has 0 radical (unpaired) electrons. The number of hydrogen-bond acceptors (Lipinski definition) is 11. The number of amides is 3. The number of hydrogen-bond donors (Lipinski definition) is 4. The van der Waals surface area contributed by atoms with Crippen LogP contribution in [0.25, 0.3) is 22.3 Å². The third-order valence-electron chi connectivity index (χ3n) is 10.9. The maximum Gasteiger partial charge on any atom is 0.270 e. The Morgan fingerprint density at radius 1 is 1.07 bits per heavy atom. The molecular formula is C43H54N7O7S2+. The number of carbonyl (C=O) groups excluding carboxylic acids is 3. The maximum atomic E-state index is 14.6. The van der Waals surface area contributed by atoms with Gasteiger partial charge in [-0.25, -0.2) is 23.1 Å². The fraction of sp³-hybridized carbons (Fsp3) is 0.465. The lowest BCUT2D eigenvalue weighted by Gasteiger charge is -2.31. The van der Waals surface area contributed by atoms with Gasteiger partial charge in [0.25, 0.3) is 15.9 Å². The van der Waals surface area contributed by atoms with Gasteiger partial charge in [-0.3, -0.25) is 14.4 Å². The van der Waals surface area contributed by atoms with Crippen LogP contribution in [0.4, 0.5) is 10.8 Å². The maximum absolute atomic E-state index is 14.6. The number of likely N-dealkylation sites (tertiary alicyclic amines) is 1. The molecule has 5 N–H and O–H groups in total. The number of benzene rings is 2. The summed E-state index contributed by atoms with van der Waals surface area (Å²) in [6.07, 6.45) is 7.24. The molecule has 0 bridgehead atoms. The van der Waals surface area contributed by atoms with Gasteiger partial charge in [0.2, 0.25) is 11.8 Å². The van der Waals surface area contributed by atoms with Crippen molar-refractivity contribution in [3.8, 4) is 22.9 Å². The molecule has 2 aromatic heterocycles. The normalized spacial score (nSPS) is 23.9. The summed E-state index contributed by atoms with van der Waals surface area (Å²) in [5.41, 5.74) is 0.0226. The molecular weight excluding hydrogens is 791 g/mol. The summed E-state index contributed by atoms with van der Waals surface area (Å²) in [5.74, 6) is -0.940. The number of allylic oxidation sites excluding steroid dienone is 1. The van der Waals surface area contributed by atoms with E-state index in [1.165, 1.54) is 22.3 Å². The minimum atomic E-state index is -4.30. The van der Waals surface area contributed by atoms with E-state index >= 15 is 0 Å². The first-order valence-electron chi connectivity index (χ1n) is 20.2. The summed E-state index contributed by atoms with van der Waals surface area (Å²) >= 11 is 1.47. The minimum absolute atomic E-state index is 0.00264. The molecule has 2 fully saturated rings. The molecule has 4 atom stereocenters. The monoisotopic (exact) mass is 844 g/mol. The summed E-state index contributed by atoms with van der Waals surface area (Å²) in [6.45, 7) is 10.3. The lowest BCUT2D eigenvalue weighted by Crippen LogP contribution is -2.78. The standard InChI is InChI=1S/C43H53N7O7S2/c1-26(2)45-41-47-34(25-58-41)33-22-36(30-18-17-28(56-6)20-32(30)46-33)57-29-21-35(50(24-29)40(53)42(3,4)5)38(51)48-43-23-27(43)14-10-8-7-9-13-19-44-31-15-11-12-16-37(31)59(54,55)49-39(43)52/h10-12,14-18,20,22,25-27,29,35,44H,7-9,13,19,21,23-24H2,1-6H3,(H,45,47)(H,48,51)(H,49,52)/p+1/b14-10-/t27-,29-,35+,43-/m1/s1. The molecule has 59 heavy (non-hydrogen) atoms. The highest BCUT2D eigenvalue weighted by molar-refractivity contribution is 7.90. The van der Waals surface area contributed by atoms with Crippen LogP contribution in [0.2, 0.25) is 0 Å². The third kappa shape index (κ3) is 9.24. The van der Waals surface area contributed by atoms with Crippen molar-refractivity contribution in [1.29, 1.82) is 0 Å². The summed E-state index contributed by atoms with van der Waals surface area (Å²) in [7, 11) is -2.71. The van der Waals surface area contributed by atoms with Crippen LogP contribution in [-0.4, -0.2) is 84.9 Å². The summed E-state index contributed by atoms with van der Waals surface area (Å²) < 4.78 is 42.1. The molecule has 314 valence electrons. The zero-order chi connectivity index (χ0) is 42.1. The average molecular weight is 845 g/mol. The molecule has 2 aliphatic heterocycles. The van der Waals surface area contributed by atoms with Gasteiger partial charge in [0, 0.05) is 52.8 Å². The van der Waals surface area contributed by atoms with E-state index in [4.69, 9.17) is 19.4 Å². The fourth-order valence-electron chi connectivity index (χ4n) is 7.75. The number of carbonyl (C=O) groups is 3. The number of ether oxygens (including phenoxy) is 2. The molecule has 1 aliphatic carbocycles. The number of para-hydroxylation sites is 1. The van der Waals surface area contributed by atoms with Gasteiger partial charge < -0.3 is 30.3 Å². The highest BCUT2D eigenvalue weighted by Gasteiger charge is 2.62. The third-order valence-corrected chi connectivity index (χ3v) is 13.1. The van der Waals surface area contributed by atoms with Crippen molar-refractivity contribution in [3.05, 3.63) is 66.1 Å². The smallest absolute Gasteiger partial charge is 0.270 e. The summed E-state index contributed by atoms with van der Waals surface area (Å²) in [4.78, 5) is 54.0. The topological polar surface area (TPSA) is 186 Å². The molecule has 4 aromatic rings. The van der Waals surface area contributed by atoms with Crippen molar-refractivity contribution in [2.45, 2.75) is 102 Å². The molecule has 1 saturated heterocycles. The zero-order valence-electron chi connectivity index (χ0n) is 34.4. The number of quaternary nitrogens is 1. The Morgan fingerprint density at radius 2 is 1.86 bits per heavy atom. The number of fused-ring (bicyclic) bond motifs is 3. The van der Waals surface area contributed by atoms with Crippen LogP contribution in [0, 0.1) is 11.3 Å². The second-order valence-electron chi connectivity index (χ2n) is 16.9. The van der Waals surface area contributed by atoms with E-state index in [1.54, 1.807) is 46.1 Å². The number of nitrogens with zero attached hydrogens (tertiary/aromatic N) is 3. The average Bonchev–Trinajstić information content (AvgIpc) is 3.45. The Labute approximate surface area is 349 Å². The number of sulfonamides is 1. The summed E-state index contributed by atoms with van der Waals surface area (Å²) in [5, 5.41) is 11.6. The van der Waals surface area contributed by atoms with Crippen LogP contribution < -0.4 is 30.1 Å². The minimum Gasteiger partial charge on any atom is -0.497 e. The molecule has 3 amide bonds. The molecule has 1 saturated carbocycles. The van der Waals surface area contributed by atoms with Gasteiger partial charge in [0.15, 0.2) is 5.13 Å². The van der Waals surface area contributed by atoms with Crippen LogP contribution in [0.3, 0.4) is 0 Å². The number of anilines is 1. The zero-order valence-corrected chi connectivity index (χ0v) is 36.0. The van der Waals surface area contributed by atoms with Crippen LogP contribution >= 0.6 is 11.3 Å². The van der Waals surface area contributed by atoms with E-state index in [1.807, 2.05) is 61.0 Å². The van der Waals surface area contributed by atoms with Crippen molar-refractivity contribution in [2.24, 2.45) is 11.3 Å². The van der Waals surface area contributed by atoms with Crippen molar-refractivity contribution < 1.29 is 37.6 Å². The largest absolute Gasteiger partial charge is 0.497 e. The van der Waals surface area contributed by atoms with Gasteiger partial charge in [0.1, 0.15) is 45.5 Å². The second-order valence-corrected chi connectivity index (χ2v) is 19.4. The predicted molar refractivity (Wildman–Crippen MR) is 227 cm³/mol.